The summed E-state index contributed by atoms with van der Waals surface area (Å²) >= 11 is 6.20. The third-order valence-corrected chi connectivity index (χ3v) is 6.25. The number of ether oxygens (including phenoxy) is 2. The van der Waals surface area contributed by atoms with Crippen LogP contribution in [0.15, 0.2) is 41.3 Å². The van der Waals surface area contributed by atoms with Crippen molar-refractivity contribution in [2.45, 2.75) is 11.8 Å². The van der Waals surface area contributed by atoms with E-state index < -0.39 is 10.0 Å². The van der Waals surface area contributed by atoms with Crippen LogP contribution in [0.4, 0.5) is 11.4 Å². The van der Waals surface area contributed by atoms with E-state index in [9.17, 15) is 13.2 Å². The van der Waals surface area contributed by atoms with Crippen LogP contribution in [0.2, 0.25) is 5.02 Å². The van der Waals surface area contributed by atoms with Crippen molar-refractivity contribution < 1.29 is 22.7 Å². The van der Waals surface area contributed by atoms with Crippen molar-refractivity contribution in [3.8, 4) is 11.5 Å². The Morgan fingerprint density at radius 1 is 1.27 bits per heavy atom. The standard InChI is InChI=1S/C17H17ClN2O5S/c1-3-20(11-4-6-12(24-2)7-5-11)26(22,23)16-9-15-14(8-13(16)18)19-17(21)10-25-15/h4-9H,3,10H2,1-2H3,(H,19,21). The SMILES string of the molecule is CCN(c1ccc(OC)cc1)S(=O)(=O)c1cc2c(cc1Cl)NC(=O)CO2. The van der Waals surface area contributed by atoms with E-state index in [0.29, 0.717) is 17.1 Å². The fourth-order valence-electron chi connectivity index (χ4n) is 2.64. The molecule has 138 valence electrons. The number of carbonyl (C=O) groups excluding carboxylic acids is 1. The van der Waals surface area contributed by atoms with E-state index in [-0.39, 0.29) is 34.7 Å². The van der Waals surface area contributed by atoms with E-state index in [2.05, 4.69) is 5.32 Å². The van der Waals surface area contributed by atoms with Gasteiger partial charge >= 0.3 is 0 Å². The van der Waals surface area contributed by atoms with Gasteiger partial charge in [-0.05, 0) is 37.3 Å². The summed E-state index contributed by atoms with van der Waals surface area (Å²) < 4.78 is 38.0. The molecular weight excluding hydrogens is 380 g/mol. The monoisotopic (exact) mass is 396 g/mol. The van der Waals surface area contributed by atoms with Gasteiger partial charge in [0, 0.05) is 12.6 Å². The Hall–Kier alpha value is -2.45. The molecule has 1 heterocycles. The highest BCUT2D eigenvalue weighted by Crippen LogP contribution is 2.37. The first-order valence-electron chi connectivity index (χ1n) is 7.79. The van der Waals surface area contributed by atoms with Gasteiger partial charge in [0.2, 0.25) is 0 Å². The minimum absolute atomic E-state index is 0.00140. The Labute approximate surface area is 156 Å². The summed E-state index contributed by atoms with van der Waals surface area (Å²) in [6, 6.07) is 9.38. The number of hydrogen-bond acceptors (Lipinski definition) is 5. The third-order valence-electron chi connectivity index (χ3n) is 3.88. The van der Waals surface area contributed by atoms with Crippen LogP contribution in [0.25, 0.3) is 0 Å². The van der Waals surface area contributed by atoms with Gasteiger partial charge in [0.05, 0.1) is 23.5 Å². The number of nitrogens with one attached hydrogen (secondary N) is 1. The summed E-state index contributed by atoms with van der Waals surface area (Å²) in [6.07, 6.45) is 0. The predicted octanol–water partition coefficient (Wildman–Crippen LogP) is 2.89. The number of nitrogens with zero attached hydrogens (tertiary/aromatic N) is 1. The number of hydrogen-bond donors (Lipinski definition) is 1. The Balaban J connectivity index is 2.04. The number of anilines is 2. The lowest BCUT2D eigenvalue weighted by Crippen LogP contribution is -2.31. The molecule has 0 aromatic heterocycles. The second-order valence-corrected chi connectivity index (χ2v) is 7.72. The molecule has 0 fully saturated rings. The first-order chi connectivity index (χ1) is 12.4. The lowest BCUT2D eigenvalue weighted by molar-refractivity contribution is -0.118. The van der Waals surface area contributed by atoms with Crippen LogP contribution in [0.5, 0.6) is 11.5 Å². The normalized spacial score (nSPS) is 13.4. The van der Waals surface area contributed by atoms with Crippen molar-refractivity contribution in [1.82, 2.24) is 0 Å². The fraction of sp³-hybridized carbons (Fsp3) is 0.235. The van der Waals surface area contributed by atoms with Gasteiger partial charge < -0.3 is 14.8 Å². The van der Waals surface area contributed by atoms with Crippen LogP contribution in [0, 0.1) is 0 Å². The van der Waals surface area contributed by atoms with E-state index >= 15 is 0 Å². The van der Waals surface area contributed by atoms with Gasteiger partial charge in [0.1, 0.15) is 16.4 Å². The smallest absolute Gasteiger partial charge is 0.265 e. The maximum atomic E-state index is 13.2. The molecule has 2 aromatic carbocycles. The molecule has 0 saturated carbocycles. The highest BCUT2D eigenvalue weighted by atomic mass is 35.5. The topological polar surface area (TPSA) is 84.9 Å². The molecule has 3 rings (SSSR count). The Morgan fingerprint density at radius 3 is 2.58 bits per heavy atom. The molecule has 1 amide bonds. The summed E-state index contributed by atoms with van der Waals surface area (Å²) in [7, 11) is -2.40. The number of halogens is 1. The maximum Gasteiger partial charge on any atom is 0.265 e. The third kappa shape index (κ3) is 3.30. The molecule has 0 bridgehead atoms. The highest BCUT2D eigenvalue weighted by Gasteiger charge is 2.29. The van der Waals surface area contributed by atoms with Gasteiger partial charge in [-0.15, -0.1) is 0 Å². The lowest BCUT2D eigenvalue weighted by atomic mass is 10.2. The average molecular weight is 397 g/mol. The van der Waals surface area contributed by atoms with Crippen LogP contribution in [0.1, 0.15) is 6.92 Å². The molecular formula is C17H17ClN2O5S. The quantitative estimate of drug-likeness (QED) is 0.839. The first-order valence-corrected chi connectivity index (χ1v) is 9.61. The summed E-state index contributed by atoms with van der Waals surface area (Å²) in [4.78, 5) is 11.3. The van der Waals surface area contributed by atoms with E-state index in [1.54, 1.807) is 31.2 Å². The molecule has 0 radical (unpaired) electrons. The zero-order valence-corrected chi connectivity index (χ0v) is 15.7. The molecule has 1 aliphatic heterocycles. The number of sulfonamides is 1. The Morgan fingerprint density at radius 2 is 1.96 bits per heavy atom. The zero-order valence-electron chi connectivity index (χ0n) is 14.2. The fourth-order valence-corrected chi connectivity index (χ4v) is 4.63. The van der Waals surface area contributed by atoms with Crippen LogP contribution in [-0.4, -0.2) is 34.6 Å². The summed E-state index contributed by atoms with van der Waals surface area (Å²) in [5, 5.41) is 2.60. The Bertz CT molecular complexity index is 944. The second-order valence-electron chi connectivity index (χ2n) is 5.48. The summed E-state index contributed by atoms with van der Waals surface area (Å²) in [5.41, 5.74) is 0.828. The number of benzene rings is 2. The predicted molar refractivity (Wildman–Crippen MR) is 98.8 cm³/mol. The Kier molecular flexibility index (Phi) is 4.97. The molecule has 9 heteroatoms. The second kappa shape index (κ2) is 7.05. The summed E-state index contributed by atoms with van der Waals surface area (Å²) in [6.45, 7) is 1.76. The number of fused-ring (bicyclic) bond motifs is 1. The average Bonchev–Trinajstić information content (AvgIpc) is 2.61. The molecule has 7 nitrogen and oxygen atoms in total. The largest absolute Gasteiger partial charge is 0.497 e. The van der Waals surface area contributed by atoms with Gasteiger partial charge in [-0.25, -0.2) is 8.42 Å². The van der Waals surface area contributed by atoms with Crippen LogP contribution < -0.4 is 19.1 Å². The van der Waals surface area contributed by atoms with Crippen LogP contribution in [0.3, 0.4) is 0 Å². The van der Waals surface area contributed by atoms with Gasteiger partial charge in [-0.1, -0.05) is 11.6 Å². The van der Waals surface area contributed by atoms with Crippen molar-refractivity contribution in [2.24, 2.45) is 0 Å². The van der Waals surface area contributed by atoms with Crippen molar-refractivity contribution in [3.63, 3.8) is 0 Å². The van der Waals surface area contributed by atoms with Gasteiger partial charge in [0.25, 0.3) is 15.9 Å². The van der Waals surface area contributed by atoms with Crippen molar-refractivity contribution >= 4 is 38.9 Å². The van der Waals surface area contributed by atoms with Crippen molar-refractivity contribution in [1.29, 1.82) is 0 Å². The maximum absolute atomic E-state index is 13.2. The van der Waals surface area contributed by atoms with Gasteiger partial charge in [-0.3, -0.25) is 9.10 Å². The minimum atomic E-state index is -3.93. The van der Waals surface area contributed by atoms with Crippen molar-refractivity contribution in [3.05, 3.63) is 41.4 Å². The molecule has 0 spiro atoms. The first kappa shape index (κ1) is 18.3. The van der Waals surface area contributed by atoms with Crippen LogP contribution >= 0.6 is 11.6 Å². The van der Waals surface area contributed by atoms with Crippen LogP contribution in [-0.2, 0) is 14.8 Å². The van der Waals surface area contributed by atoms with E-state index in [1.807, 2.05) is 0 Å². The molecule has 2 aromatic rings. The number of amides is 1. The van der Waals surface area contributed by atoms with E-state index in [0.717, 1.165) is 0 Å². The van der Waals surface area contributed by atoms with Crippen molar-refractivity contribution in [2.75, 3.05) is 29.9 Å². The number of methoxy groups -OCH3 is 1. The molecule has 1 N–H and O–H groups in total. The van der Waals surface area contributed by atoms with E-state index in [4.69, 9.17) is 21.1 Å². The van der Waals surface area contributed by atoms with Gasteiger partial charge in [0.15, 0.2) is 6.61 Å². The van der Waals surface area contributed by atoms with Gasteiger partial charge in [-0.2, -0.15) is 0 Å². The highest BCUT2D eigenvalue weighted by molar-refractivity contribution is 7.93. The zero-order chi connectivity index (χ0) is 18.9. The minimum Gasteiger partial charge on any atom is -0.497 e. The molecule has 1 aliphatic rings. The lowest BCUT2D eigenvalue weighted by Gasteiger charge is -2.25. The molecule has 26 heavy (non-hydrogen) atoms. The van der Waals surface area contributed by atoms with E-state index in [1.165, 1.54) is 23.5 Å². The number of carbonyl (C=O) groups is 1. The molecule has 0 atom stereocenters. The molecule has 0 aliphatic carbocycles. The summed E-state index contributed by atoms with van der Waals surface area (Å²) in [5.74, 6) is 0.564. The molecule has 0 saturated heterocycles. The number of rotatable bonds is 5. The molecule has 0 unspecified atom stereocenters.